The lowest BCUT2D eigenvalue weighted by Gasteiger charge is -2.34. The number of nitrogens with two attached hydrogens (primary N) is 2. The van der Waals surface area contributed by atoms with Gasteiger partial charge in [-0.3, -0.25) is 4.79 Å². The summed E-state index contributed by atoms with van der Waals surface area (Å²) < 4.78 is 14.0. The third-order valence-corrected chi connectivity index (χ3v) is 8.11. The SMILES string of the molecule is C[C@@H](N)C(=O)N1CCC[C@@H](CCn2c(Sc3cc4c(cc3Br)OCO4)nc3c(N)ncnc32)C1. The van der Waals surface area contributed by atoms with Crippen LogP contribution in [0.4, 0.5) is 5.82 Å². The number of nitrogen functional groups attached to an aromatic ring is 1. The van der Waals surface area contributed by atoms with E-state index >= 15 is 0 Å². The van der Waals surface area contributed by atoms with E-state index in [0.29, 0.717) is 40.9 Å². The first-order chi connectivity index (χ1) is 16.4. The van der Waals surface area contributed by atoms with Gasteiger partial charge in [0, 0.05) is 29.0 Å². The number of anilines is 1. The standard InChI is InChI=1S/C22H26BrN7O3S/c1-12(24)21(31)29-5-2-3-13(9-29)4-6-30-20-18(19(25)26-10-27-20)28-22(30)34-17-8-16-15(7-14(17)23)32-11-33-16/h7-8,10,12-13H,2-6,9,11,24H2,1H3,(H2,25,26,27)/t12-,13+/m1/s1. The summed E-state index contributed by atoms with van der Waals surface area (Å²) in [4.78, 5) is 28.6. The highest BCUT2D eigenvalue weighted by Gasteiger charge is 2.26. The van der Waals surface area contributed by atoms with Gasteiger partial charge in [-0.1, -0.05) is 11.8 Å². The number of carbonyl (C=O) groups is 1. The number of rotatable bonds is 6. The summed E-state index contributed by atoms with van der Waals surface area (Å²) in [5.74, 6) is 2.16. The number of aromatic nitrogens is 4. The summed E-state index contributed by atoms with van der Waals surface area (Å²) in [5, 5.41) is 0.765. The van der Waals surface area contributed by atoms with Crippen molar-refractivity contribution in [1.82, 2.24) is 24.4 Å². The molecule has 0 aliphatic carbocycles. The molecule has 10 nitrogen and oxygen atoms in total. The number of likely N-dealkylation sites (tertiary alicyclic amines) is 1. The van der Waals surface area contributed by atoms with Gasteiger partial charge in [-0.05, 0) is 60.2 Å². The van der Waals surface area contributed by atoms with Crippen LogP contribution in [0, 0.1) is 5.92 Å². The Morgan fingerprint density at radius 2 is 2.12 bits per heavy atom. The molecule has 0 spiro atoms. The summed E-state index contributed by atoms with van der Waals surface area (Å²) in [5.41, 5.74) is 13.2. The van der Waals surface area contributed by atoms with Crippen LogP contribution in [0.25, 0.3) is 11.2 Å². The molecule has 0 bridgehead atoms. The number of aryl methyl sites for hydroxylation is 1. The Bertz CT molecular complexity index is 1230. The quantitative estimate of drug-likeness (QED) is 0.477. The number of benzene rings is 1. The van der Waals surface area contributed by atoms with Crippen LogP contribution in [0.15, 0.2) is 33.0 Å². The topological polar surface area (TPSA) is 134 Å². The van der Waals surface area contributed by atoms with Crippen molar-refractivity contribution in [1.29, 1.82) is 0 Å². The van der Waals surface area contributed by atoms with Gasteiger partial charge in [-0.2, -0.15) is 0 Å². The smallest absolute Gasteiger partial charge is 0.239 e. The first kappa shape index (κ1) is 23.2. The second-order valence-corrected chi connectivity index (χ2v) is 10.4. The lowest BCUT2D eigenvalue weighted by molar-refractivity contribution is -0.134. The van der Waals surface area contributed by atoms with Gasteiger partial charge in [0.15, 0.2) is 33.6 Å². The molecule has 2 atom stereocenters. The largest absolute Gasteiger partial charge is 0.454 e. The molecule has 1 fully saturated rings. The highest BCUT2D eigenvalue weighted by molar-refractivity contribution is 9.10. The number of nitrogens with zero attached hydrogens (tertiary/aromatic N) is 5. The number of fused-ring (bicyclic) bond motifs is 2. The van der Waals surface area contributed by atoms with E-state index in [4.69, 9.17) is 25.9 Å². The average Bonchev–Trinajstić information content (AvgIpc) is 3.42. The van der Waals surface area contributed by atoms with E-state index in [9.17, 15) is 4.79 Å². The van der Waals surface area contributed by atoms with Crippen molar-refractivity contribution in [2.45, 2.75) is 48.8 Å². The maximum atomic E-state index is 12.4. The minimum absolute atomic E-state index is 0.0159. The first-order valence-corrected chi connectivity index (χ1v) is 12.8. The number of piperidine rings is 1. The van der Waals surface area contributed by atoms with E-state index in [0.717, 1.165) is 46.9 Å². The van der Waals surface area contributed by atoms with Gasteiger partial charge in [-0.15, -0.1) is 0 Å². The molecular formula is C22H26BrN7O3S. The predicted octanol–water partition coefficient (Wildman–Crippen LogP) is 3.03. The molecule has 1 saturated heterocycles. The van der Waals surface area contributed by atoms with Crippen molar-refractivity contribution in [3.63, 3.8) is 0 Å². The number of amides is 1. The van der Waals surface area contributed by atoms with Crippen LogP contribution in [-0.4, -0.2) is 56.3 Å². The van der Waals surface area contributed by atoms with Crippen molar-refractivity contribution < 1.29 is 14.3 Å². The maximum Gasteiger partial charge on any atom is 0.239 e. The third-order valence-electron chi connectivity index (χ3n) is 6.13. The molecule has 4 heterocycles. The van der Waals surface area contributed by atoms with E-state index in [1.807, 2.05) is 17.0 Å². The summed E-state index contributed by atoms with van der Waals surface area (Å²) in [6.45, 7) is 4.15. The fourth-order valence-corrected chi connectivity index (χ4v) is 5.90. The number of imidazole rings is 1. The number of halogens is 1. The predicted molar refractivity (Wildman–Crippen MR) is 132 cm³/mol. The Morgan fingerprint density at radius 1 is 1.32 bits per heavy atom. The Balaban J connectivity index is 1.40. The molecule has 0 unspecified atom stereocenters. The van der Waals surface area contributed by atoms with E-state index in [-0.39, 0.29) is 12.7 Å². The fraction of sp³-hybridized carbons (Fsp3) is 0.455. The number of hydrogen-bond donors (Lipinski definition) is 2. The zero-order valence-corrected chi connectivity index (χ0v) is 21.1. The molecule has 4 N–H and O–H groups in total. The summed E-state index contributed by atoms with van der Waals surface area (Å²) >= 11 is 5.13. The molecule has 2 aliphatic rings. The van der Waals surface area contributed by atoms with Crippen molar-refractivity contribution in [3.8, 4) is 11.5 Å². The normalized spacial score (nSPS) is 18.4. The van der Waals surface area contributed by atoms with Gasteiger partial charge in [0.1, 0.15) is 6.33 Å². The van der Waals surface area contributed by atoms with Crippen LogP contribution in [0.2, 0.25) is 0 Å². The van der Waals surface area contributed by atoms with Gasteiger partial charge >= 0.3 is 0 Å². The second kappa shape index (κ2) is 9.59. The van der Waals surface area contributed by atoms with Crippen molar-refractivity contribution in [3.05, 3.63) is 22.9 Å². The van der Waals surface area contributed by atoms with Crippen LogP contribution >= 0.6 is 27.7 Å². The minimum atomic E-state index is -0.473. The molecular weight excluding hydrogens is 522 g/mol. The molecule has 12 heteroatoms. The van der Waals surface area contributed by atoms with Crippen molar-refractivity contribution in [2.24, 2.45) is 11.7 Å². The molecule has 180 valence electrons. The molecule has 3 aromatic rings. The van der Waals surface area contributed by atoms with Crippen molar-refractivity contribution >= 4 is 50.6 Å². The first-order valence-electron chi connectivity index (χ1n) is 11.2. The molecule has 1 aromatic carbocycles. The highest BCUT2D eigenvalue weighted by Crippen LogP contribution is 2.43. The average molecular weight is 548 g/mol. The van der Waals surface area contributed by atoms with Gasteiger partial charge < -0.3 is 30.4 Å². The lowest BCUT2D eigenvalue weighted by Crippen LogP contribution is -2.47. The molecule has 2 aliphatic heterocycles. The van der Waals surface area contributed by atoms with Crippen LogP contribution in [0.1, 0.15) is 26.2 Å². The third kappa shape index (κ3) is 4.53. The lowest BCUT2D eigenvalue weighted by atomic mass is 9.94. The zero-order valence-electron chi connectivity index (χ0n) is 18.7. The molecule has 1 amide bonds. The Hall–Kier alpha value is -2.57. The van der Waals surface area contributed by atoms with Crippen LogP contribution in [-0.2, 0) is 11.3 Å². The molecule has 0 saturated carbocycles. The molecule has 0 radical (unpaired) electrons. The Morgan fingerprint density at radius 3 is 2.91 bits per heavy atom. The summed E-state index contributed by atoms with van der Waals surface area (Å²) in [6.07, 6.45) is 4.40. The minimum Gasteiger partial charge on any atom is -0.454 e. The highest BCUT2D eigenvalue weighted by atomic mass is 79.9. The van der Waals surface area contributed by atoms with Gasteiger partial charge in [-0.25, -0.2) is 15.0 Å². The molecule has 5 rings (SSSR count). The zero-order chi connectivity index (χ0) is 23.8. The fourth-order valence-electron chi connectivity index (χ4n) is 4.39. The second-order valence-electron chi connectivity index (χ2n) is 8.58. The molecule has 34 heavy (non-hydrogen) atoms. The van der Waals surface area contributed by atoms with Gasteiger partial charge in [0.05, 0.1) is 6.04 Å². The van der Waals surface area contributed by atoms with E-state index in [1.165, 1.54) is 18.1 Å². The Labute approximate surface area is 209 Å². The van der Waals surface area contributed by atoms with Crippen LogP contribution in [0.5, 0.6) is 11.5 Å². The number of carbonyl (C=O) groups excluding carboxylic acids is 1. The Kier molecular flexibility index (Phi) is 6.54. The number of hydrogen-bond acceptors (Lipinski definition) is 9. The van der Waals surface area contributed by atoms with E-state index in [2.05, 4.69) is 30.5 Å². The monoisotopic (exact) mass is 547 g/mol. The van der Waals surface area contributed by atoms with E-state index < -0.39 is 6.04 Å². The van der Waals surface area contributed by atoms with E-state index in [1.54, 1.807) is 6.92 Å². The number of ether oxygens (including phenoxy) is 2. The van der Waals surface area contributed by atoms with Gasteiger partial charge in [0.25, 0.3) is 0 Å². The van der Waals surface area contributed by atoms with Crippen LogP contribution < -0.4 is 20.9 Å². The van der Waals surface area contributed by atoms with Crippen LogP contribution in [0.3, 0.4) is 0 Å². The maximum absolute atomic E-state index is 12.4. The summed E-state index contributed by atoms with van der Waals surface area (Å²) in [6, 6.07) is 3.37. The summed E-state index contributed by atoms with van der Waals surface area (Å²) in [7, 11) is 0. The van der Waals surface area contributed by atoms with Crippen molar-refractivity contribution in [2.75, 3.05) is 25.6 Å². The molecule has 2 aromatic heterocycles. The van der Waals surface area contributed by atoms with Gasteiger partial charge in [0.2, 0.25) is 12.7 Å².